The van der Waals surface area contributed by atoms with Crippen molar-refractivity contribution in [1.82, 2.24) is 9.97 Å². The van der Waals surface area contributed by atoms with Gasteiger partial charge >= 0.3 is 0 Å². The van der Waals surface area contributed by atoms with Gasteiger partial charge in [-0.15, -0.1) is 11.3 Å². The van der Waals surface area contributed by atoms with Crippen LogP contribution >= 0.6 is 11.3 Å². The van der Waals surface area contributed by atoms with Gasteiger partial charge < -0.3 is 4.42 Å². The Balaban J connectivity index is 1.05. The minimum Gasteiger partial charge on any atom is -0.456 e. The van der Waals surface area contributed by atoms with Crippen LogP contribution in [0.3, 0.4) is 0 Å². The number of aromatic nitrogens is 2. The molecule has 0 bridgehead atoms. The van der Waals surface area contributed by atoms with E-state index in [1.165, 1.54) is 37.7 Å². The predicted octanol–water partition coefficient (Wildman–Crippen LogP) is 14.2. The first-order chi connectivity index (χ1) is 26.7. The lowest BCUT2D eigenvalue weighted by Gasteiger charge is -2.10. The van der Waals surface area contributed by atoms with E-state index in [9.17, 15) is 0 Å². The van der Waals surface area contributed by atoms with Gasteiger partial charge in [-0.3, -0.25) is 0 Å². The van der Waals surface area contributed by atoms with Gasteiger partial charge in [0.2, 0.25) is 0 Å². The Morgan fingerprint density at radius 3 is 1.89 bits per heavy atom. The Labute approximate surface area is 315 Å². The molecule has 0 saturated carbocycles. The zero-order valence-corrected chi connectivity index (χ0v) is 29.8. The quantitative estimate of drug-likeness (QED) is 0.179. The zero-order chi connectivity index (χ0) is 35.6. The van der Waals surface area contributed by atoms with Crippen LogP contribution in [0.15, 0.2) is 186 Å². The van der Waals surface area contributed by atoms with Crippen LogP contribution in [0.4, 0.5) is 0 Å². The lowest BCUT2D eigenvalue weighted by molar-refractivity contribution is 0.669. The lowest BCUT2D eigenvalue weighted by Crippen LogP contribution is -1.94. The molecule has 0 unspecified atom stereocenters. The molecule has 0 radical (unpaired) electrons. The van der Waals surface area contributed by atoms with Crippen molar-refractivity contribution < 1.29 is 4.42 Å². The van der Waals surface area contributed by atoms with E-state index >= 15 is 0 Å². The van der Waals surface area contributed by atoms with Crippen molar-refractivity contribution in [2.45, 2.75) is 0 Å². The van der Waals surface area contributed by atoms with Crippen LogP contribution in [0, 0.1) is 0 Å². The van der Waals surface area contributed by atoms with Crippen LogP contribution < -0.4 is 0 Å². The number of thiophene rings is 1. The molecular weight excluding hydrogens is 677 g/mol. The third-order valence-electron chi connectivity index (χ3n) is 10.5. The second kappa shape index (κ2) is 12.4. The van der Waals surface area contributed by atoms with E-state index in [4.69, 9.17) is 14.4 Å². The SMILES string of the molecule is c1ccc(-c2ccc(-c3nc(-c4cccc5oc6ccc(-c7ccc(-c8cccc9ccccc89)cc7)cc6c45)nc4c3sc3ccccc34)cc2)cc1. The third kappa shape index (κ3) is 5.03. The average Bonchev–Trinajstić information content (AvgIpc) is 3.82. The molecule has 4 heteroatoms. The summed E-state index contributed by atoms with van der Waals surface area (Å²) in [5.41, 5.74) is 12.7. The van der Waals surface area contributed by atoms with Crippen LogP contribution in [0.1, 0.15) is 0 Å². The molecule has 54 heavy (non-hydrogen) atoms. The fraction of sp³-hybridized carbons (Fsp3) is 0. The summed E-state index contributed by atoms with van der Waals surface area (Å²) < 4.78 is 8.77. The summed E-state index contributed by atoms with van der Waals surface area (Å²) in [6, 6.07) is 64.4. The van der Waals surface area contributed by atoms with Gasteiger partial charge in [-0.2, -0.15) is 0 Å². The summed E-state index contributed by atoms with van der Waals surface area (Å²) >= 11 is 1.75. The Bertz CT molecular complexity index is 3190. The highest BCUT2D eigenvalue weighted by molar-refractivity contribution is 7.26. The Morgan fingerprint density at radius 2 is 1.04 bits per heavy atom. The van der Waals surface area contributed by atoms with Gasteiger partial charge in [-0.1, -0.05) is 158 Å². The van der Waals surface area contributed by atoms with Crippen LogP contribution in [-0.2, 0) is 0 Å². The fourth-order valence-electron chi connectivity index (χ4n) is 7.87. The van der Waals surface area contributed by atoms with Crippen molar-refractivity contribution in [2.24, 2.45) is 0 Å². The minimum absolute atomic E-state index is 0.686. The molecule has 0 amide bonds. The van der Waals surface area contributed by atoms with E-state index in [-0.39, 0.29) is 0 Å². The average molecular weight is 707 g/mol. The number of hydrogen-bond acceptors (Lipinski definition) is 4. The second-order valence-corrected chi connectivity index (χ2v) is 14.8. The maximum atomic E-state index is 6.48. The van der Waals surface area contributed by atoms with Crippen LogP contribution in [0.25, 0.3) is 109 Å². The summed E-state index contributed by atoms with van der Waals surface area (Å²) in [7, 11) is 0. The monoisotopic (exact) mass is 706 g/mol. The summed E-state index contributed by atoms with van der Waals surface area (Å²) in [6.07, 6.45) is 0. The van der Waals surface area contributed by atoms with E-state index in [0.29, 0.717) is 5.82 Å². The molecule has 0 atom stereocenters. The molecule has 11 rings (SSSR count). The van der Waals surface area contributed by atoms with Crippen LogP contribution in [-0.4, -0.2) is 9.97 Å². The molecule has 3 heterocycles. The molecule has 3 nitrogen and oxygen atoms in total. The standard InChI is InChI=1S/C50H30N2OS/c1-2-10-31(11-3-1)32-22-26-36(27-23-32)47-49-48(40-15-6-7-19-45(40)54-49)52-50(51-47)41-17-9-18-44-46(41)42-30-37(28-29-43(42)53-44)33-20-24-35(25-21-33)39-16-8-13-34-12-4-5-14-38(34)39/h1-30H. The number of furan rings is 1. The molecule has 252 valence electrons. The molecule has 0 fully saturated rings. The number of hydrogen-bond donors (Lipinski definition) is 0. The van der Waals surface area contributed by atoms with Crippen molar-refractivity contribution in [2.75, 3.05) is 0 Å². The molecule has 0 aliphatic heterocycles. The zero-order valence-electron chi connectivity index (χ0n) is 29.0. The molecule has 0 aliphatic rings. The number of benzene rings is 8. The molecule has 11 aromatic rings. The summed E-state index contributed by atoms with van der Waals surface area (Å²) in [4.78, 5) is 10.7. The molecule has 0 spiro atoms. The predicted molar refractivity (Wildman–Crippen MR) is 227 cm³/mol. The van der Waals surface area contributed by atoms with E-state index in [1.54, 1.807) is 11.3 Å². The van der Waals surface area contributed by atoms with Gasteiger partial charge in [0.1, 0.15) is 11.2 Å². The van der Waals surface area contributed by atoms with Gasteiger partial charge in [0.25, 0.3) is 0 Å². The van der Waals surface area contributed by atoms with Crippen molar-refractivity contribution in [3.05, 3.63) is 182 Å². The third-order valence-corrected chi connectivity index (χ3v) is 11.7. The normalized spacial score (nSPS) is 11.7. The Hall–Kier alpha value is -6.88. The van der Waals surface area contributed by atoms with Gasteiger partial charge in [0.05, 0.1) is 15.9 Å². The molecule has 0 aliphatic carbocycles. The van der Waals surface area contributed by atoms with Crippen LogP contribution in [0.5, 0.6) is 0 Å². The van der Waals surface area contributed by atoms with E-state index in [0.717, 1.165) is 65.5 Å². The molecule has 3 aromatic heterocycles. The topological polar surface area (TPSA) is 38.9 Å². The highest BCUT2D eigenvalue weighted by atomic mass is 32.1. The molecule has 8 aromatic carbocycles. The van der Waals surface area contributed by atoms with E-state index in [1.807, 2.05) is 18.2 Å². The molecular formula is C50H30N2OS. The van der Waals surface area contributed by atoms with Crippen molar-refractivity contribution in [3.8, 4) is 56.0 Å². The van der Waals surface area contributed by atoms with Gasteiger partial charge in [-0.25, -0.2) is 9.97 Å². The lowest BCUT2D eigenvalue weighted by atomic mass is 9.95. The number of fused-ring (bicyclic) bond motifs is 7. The van der Waals surface area contributed by atoms with E-state index in [2.05, 4.69) is 164 Å². The Kier molecular flexibility index (Phi) is 7.04. The fourth-order valence-corrected chi connectivity index (χ4v) is 9.02. The maximum Gasteiger partial charge on any atom is 0.161 e. The Morgan fingerprint density at radius 1 is 0.407 bits per heavy atom. The first kappa shape index (κ1) is 30.7. The van der Waals surface area contributed by atoms with Crippen molar-refractivity contribution >= 4 is 64.4 Å². The smallest absolute Gasteiger partial charge is 0.161 e. The maximum absolute atomic E-state index is 6.48. The van der Waals surface area contributed by atoms with Gasteiger partial charge in [0, 0.05) is 32.0 Å². The minimum atomic E-state index is 0.686. The summed E-state index contributed by atoms with van der Waals surface area (Å²) in [6.45, 7) is 0. The van der Waals surface area contributed by atoms with Crippen molar-refractivity contribution in [3.63, 3.8) is 0 Å². The van der Waals surface area contributed by atoms with Crippen LogP contribution in [0.2, 0.25) is 0 Å². The molecule has 0 N–H and O–H groups in total. The second-order valence-electron chi connectivity index (χ2n) is 13.7. The summed E-state index contributed by atoms with van der Waals surface area (Å²) in [5, 5.41) is 5.71. The van der Waals surface area contributed by atoms with Gasteiger partial charge in [-0.05, 0) is 68.4 Å². The largest absolute Gasteiger partial charge is 0.456 e. The highest BCUT2D eigenvalue weighted by Gasteiger charge is 2.20. The highest BCUT2D eigenvalue weighted by Crippen LogP contribution is 2.43. The summed E-state index contributed by atoms with van der Waals surface area (Å²) in [5.74, 6) is 0.686. The van der Waals surface area contributed by atoms with E-state index < -0.39 is 0 Å². The van der Waals surface area contributed by atoms with Gasteiger partial charge in [0.15, 0.2) is 5.82 Å². The first-order valence-electron chi connectivity index (χ1n) is 18.1. The molecule has 0 saturated heterocycles. The number of rotatable bonds is 5. The first-order valence-corrected chi connectivity index (χ1v) is 19.0. The van der Waals surface area contributed by atoms with Crippen molar-refractivity contribution in [1.29, 1.82) is 0 Å². The number of nitrogens with zero attached hydrogens (tertiary/aromatic N) is 2.